The number of esters is 4. The molecule has 0 unspecified atom stereocenters. The fourth-order valence-electron chi connectivity index (χ4n) is 10.2. The smallest absolute Gasteiger partial charge is 0.345 e. The number of carboxylic acid groups (broad SMARTS) is 1. The summed E-state index contributed by atoms with van der Waals surface area (Å²) in [5.74, 6) is -7.98. The second kappa shape index (κ2) is 28.8. The standard InChI is InChI=1S/C60H86F2N4O15/c1-36(2)31-45(54(72)78-37(3)50(67)65(11)47(35-59(7,8)62)56(74)81-49(53(70)71)33-40-15-19-42(20-16-40)44-23-29-77-30-24-44)64(10)52(69)48(32-39-13-17-41(18-14-39)43-21-27-76-28-22-43)80-55(73)46(34-58(5,6)61)66(12)51(68)38(4)79-57(75)60(63-9)25-26-60/h13-20,36-38,43-49,63H,21-35H2,1-12H3,(H,70,71)/t37-,38-,45+,46+,47+,48-,49-/m1/s1. The monoisotopic (exact) mass is 1140 g/mol. The number of aliphatic carboxylic acids is 1. The number of ether oxygens (including phenoxy) is 6. The van der Waals surface area contributed by atoms with E-state index in [1.165, 1.54) is 62.7 Å². The van der Waals surface area contributed by atoms with Crippen LogP contribution >= 0.6 is 0 Å². The SMILES string of the molecule is CNC1(C(=O)O[C@H](C)C(=O)N(C)[C@@H](CC(C)(C)F)C(=O)O[C@H](Cc2ccc(C3CCOCC3)cc2)C(=O)N(C)[C@@H](CC(C)C)C(=O)O[C@H](C)C(=O)N(C)[C@@H](CC(C)(C)F)C(=O)O[C@H](Cc2ccc(C3CCOCC3)cc2)C(=O)O)CC1. The van der Waals surface area contributed by atoms with E-state index in [-0.39, 0.29) is 31.1 Å². The van der Waals surface area contributed by atoms with Gasteiger partial charge in [0.05, 0.1) is 0 Å². The fraction of sp³-hybridized carbons (Fsp3) is 0.667. The first-order valence-corrected chi connectivity index (χ1v) is 28.2. The first kappa shape index (κ1) is 65.7. The molecular weight excluding hydrogens is 1050 g/mol. The third-order valence-corrected chi connectivity index (χ3v) is 15.5. The highest BCUT2D eigenvalue weighted by atomic mass is 19.1. The van der Waals surface area contributed by atoms with Crippen LogP contribution in [0.4, 0.5) is 8.78 Å². The van der Waals surface area contributed by atoms with Gasteiger partial charge in [-0.15, -0.1) is 0 Å². The van der Waals surface area contributed by atoms with Crippen molar-refractivity contribution in [3.63, 3.8) is 0 Å². The summed E-state index contributed by atoms with van der Waals surface area (Å²) in [5.41, 5.74) is -1.84. The fourth-order valence-corrected chi connectivity index (χ4v) is 10.2. The van der Waals surface area contributed by atoms with Gasteiger partial charge < -0.3 is 53.5 Å². The highest BCUT2D eigenvalue weighted by Crippen LogP contribution is 2.37. The Morgan fingerprint density at radius 2 is 0.963 bits per heavy atom. The van der Waals surface area contributed by atoms with E-state index in [9.17, 15) is 43.5 Å². The average molecular weight is 1140 g/mol. The van der Waals surface area contributed by atoms with Crippen LogP contribution in [0.25, 0.3) is 0 Å². The normalized spacial score (nSPS) is 18.4. The number of amides is 3. The van der Waals surface area contributed by atoms with Gasteiger partial charge in [-0.3, -0.25) is 19.2 Å². The molecule has 0 radical (unpaired) electrons. The van der Waals surface area contributed by atoms with Crippen molar-refractivity contribution in [3.05, 3.63) is 70.8 Å². The summed E-state index contributed by atoms with van der Waals surface area (Å²) in [6, 6.07) is 9.97. The van der Waals surface area contributed by atoms with Crippen LogP contribution in [0.3, 0.4) is 0 Å². The van der Waals surface area contributed by atoms with Crippen molar-refractivity contribution in [1.29, 1.82) is 0 Å². The van der Waals surface area contributed by atoms with Crippen LogP contribution in [-0.2, 0) is 79.6 Å². The lowest BCUT2D eigenvalue weighted by Gasteiger charge is -2.35. The molecule has 1 saturated carbocycles. The maximum atomic E-state index is 15.6. The number of benzene rings is 2. The molecule has 0 aromatic heterocycles. The van der Waals surface area contributed by atoms with Crippen molar-refractivity contribution in [1.82, 2.24) is 20.0 Å². The number of alkyl halides is 2. The maximum absolute atomic E-state index is 15.6. The minimum absolute atomic E-state index is 0.0283. The van der Waals surface area contributed by atoms with Crippen LogP contribution in [0.5, 0.6) is 0 Å². The molecule has 1 aliphatic carbocycles. The van der Waals surface area contributed by atoms with Crippen molar-refractivity contribution in [2.75, 3.05) is 54.6 Å². The van der Waals surface area contributed by atoms with Crippen molar-refractivity contribution in [2.24, 2.45) is 5.92 Å². The number of hydrogen-bond donors (Lipinski definition) is 2. The lowest BCUT2D eigenvalue weighted by molar-refractivity contribution is -0.175. The van der Waals surface area contributed by atoms with Gasteiger partial charge in [0.2, 0.25) is 6.10 Å². The highest BCUT2D eigenvalue weighted by molar-refractivity contribution is 5.93. The third-order valence-electron chi connectivity index (χ3n) is 15.5. The van der Waals surface area contributed by atoms with Crippen LogP contribution < -0.4 is 5.32 Å². The molecule has 2 aliphatic heterocycles. The molecule has 2 N–H and O–H groups in total. The van der Waals surface area contributed by atoms with Gasteiger partial charge in [-0.2, -0.15) is 0 Å². The first-order valence-electron chi connectivity index (χ1n) is 28.2. The minimum atomic E-state index is -2.08. The molecule has 2 aromatic carbocycles. The molecule has 19 nitrogen and oxygen atoms in total. The second-order valence-corrected chi connectivity index (χ2v) is 23.7. The van der Waals surface area contributed by atoms with E-state index >= 15 is 8.78 Å². The molecular formula is C60H86F2N4O15. The minimum Gasteiger partial charge on any atom is -0.478 e. The van der Waals surface area contributed by atoms with Crippen LogP contribution in [0.1, 0.15) is 147 Å². The average Bonchev–Trinajstić information content (AvgIpc) is 4.37. The van der Waals surface area contributed by atoms with Gasteiger partial charge in [0.15, 0.2) is 18.3 Å². The molecule has 450 valence electrons. The number of halogens is 2. The molecule has 2 saturated heterocycles. The summed E-state index contributed by atoms with van der Waals surface area (Å²) in [6.45, 7) is 13.4. The predicted molar refractivity (Wildman–Crippen MR) is 294 cm³/mol. The van der Waals surface area contributed by atoms with Gasteiger partial charge in [-0.1, -0.05) is 62.4 Å². The lowest BCUT2D eigenvalue weighted by Crippen LogP contribution is -2.54. The molecule has 3 fully saturated rings. The Labute approximate surface area is 475 Å². The van der Waals surface area contributed by atoms with E-state index in [0.29, 0.717) is 56.3 Å². The largest absolute Gasteiger partial charge is 0.478 e. The van der Waals surface area contributed by atoms with Crippen LogP contribution in [0.15, 0.2) is 48.5 Å². The summed E-state index contributed by atoms with van der Waals surface area (Å²) in [5, 5.41) is 13.1. The van der Waals surface area contributed by atoms with Crippen molar-refractivity contribution < 1.29 is 80.7 Å². The van der Waals surface area contributed by atoms with Crippen molar-refractivity contribution in [3.8, 4) is 0 Å². The molecule has 7 atom stereocenters. The molecule has 2 heterocycles. The number of rotatable bonds is 28. The van der Waals surface area contributed by atoms with Crippen LogP contribution in [0, 0.1) is 5.92 Å². The van der Waals surface area contributed by atoms with E-state index in [1.807, 2.05) is 24.3 Å². The number of nitrogens with one attached hydrogen (secondary N) is 1. The Morgan fingerprint density at radius 1 is 0.593 bits per heavy atom. The van der Waals surface area contributed by atoms with E-state index in [0.717, 1.165) is 51.5 Å². The number of likely N-dealkylation sites (N-methyl/N-ethyl adjacent to an activating group) is 4. The zero-order valence-corrected chi connectivity index (χ0v) is 49.3. The summed E-state index contributed by atoms with van der Waals surface area (Å²) in [6.07, 6.45) is -3.78. The van der Waals surface area contributed by atoms with E-state index in [1.54, 1.807) is 45.2 Å². The highest BCUT2D eigenvalue weighted by Gasteiger charge is 2.51. The Bertz CT molecular complexity index is 2480. The number of nitrogens with zero attached hydrogens (tertiary/aromatic N) is 3. The van der Waals surface area contributed by atoms with Crippen LogP contribution in [0.2, 0.25) is 0 Å². The predicted octanol–water partition coefficient (Wildman–Crippen LogP) is 6.59. The van der Waals surface area contributed by atoms with E-state index in [4.69, 9.17) is 28.4 Å². The van der Waals surface area contributed by atoms with Gasteiger partial charge in [0.1, 0.15) is 35.0 Å². The number of carboxylic acids is 1. The van der Waals surface area contributed by atoms with Gasteiger partial charge in [-0.25, -0.2) is 28.0 Å². The first-order chi connectivity index (χ1) is 37.9. The molecule has 81 heavy (non-hydrogen) atoms. The molecule has 0 spiro atoms. The van der Waals surface area contributed by atoms with Crippen molar-refractivity contribution in [2.45, 2.75) is 197 Å². The zero-order valence-electron chi connectivity index (χ0n) is 49.3. The molecule has 3 amide bonds. The van der Waals surface area contributed by atoms with Gasteiger partial charge in [0, 0.05) is 73.3 Å². The Balaban J connectivity index is 1.37. The summed E-state index contributed by atoms with van der Waals surface area (Å²) in [4.78, 5) is 114. The molecule has 3 aliphatic rings. The van der Waals surface area contributed by atoms with Gasteiger partial charge >= 0.3 is 29.8 Å². The second-order valence-electron chi connectivity index (χ2n) is 23.7. The zero-order chi connectivity index (χ0) is 60.1. The quantitative estimate of drug-likeness (QED) is 0.0676. The third kappa shape index (κ3) is 19.0. The van der Waals surface area contributed by atoms with E-state index < -0.39 is 120 Å². The summed E-state index contributed by atoms with van der Waals surface area (Å²) < 4.78 is 64.9. The van der Waals surface area contributed by atoms with Gasteiger partial charge in [0.25, 0.3) is 17.7 Å². The molecule has 0 bridgehead atoms. The molecule has 21 heteroatoms. The number of carbonyl (C=O) groups is 8. The van der Waals surface area contributed by atoms with Crippen molar-refractivity contribution >= 4 is 47.6 Å². The van der Waals surface area contributed by atoms with Gasteiger partial charge in [-0.05, 0) is 134 Å². The summed E-state index contributed by atoms with van der Waals surface area (Å²) >= 11 is 0. The summed E-state index contributed by atoms with van der Waals surface area (Å²) in [7, 11) is 5.31. The Kier molecular flexibility index (Phi) is 23.3. The van der Waals surface area contributed by atoms with E-state index in [2.05, 4.69) is 5.32 Å². The Morgan fingerprint density at radius 3 is 1.33 bits per heavy atom. The topological polar surface area (TPSA) is 234 Å². The Hall–Kier alpha value is -6.06. The molecule has 2 aromatic rings. The number of carbonyl (C=O) groups excluding carboxylic acids is 7. The maximum Gasteiger partial charge on any atom is 0.345 e. The molecule has 5 rings (SSSR count). The van der Waals surface area contributed by atoms with Crippen LogP contribution in [-0.4, -0.2) is 181 Å². The lowest BCUT2D eigenvalue weighted by atomic mass is 9.90. The number of hydrogen-bond acceptors (Lipinski definition) is 15.